The van der Waals surface area contributed by atoms with Gasteiger partial charge in [0.05, 0.1) is 34.0 Å². The molecule has 2 heterocycles. The standard InChI is InChI=1S/C19H14FNO4S/c1-9-21-15-11(16(22)14(19(23)24)18(21)26-9)8-12(20)13(17(15)25-2)10-6-4-3-5-7-10/h3-9H,1-2H3,(H,23,24). The van der Waals surface area contributed by atoms with E-state index < -0.39 is 17.2 Å². The molecule has 0 radical (unpaired) electrons. The lowest BCUT2D eigenvalue weighted by molar-refractivity contribution is 0.0689. The van der Waals surface area contributed by atoms with E-state index in [1.807, 2.05) is 13.0 Å². The first kappa shape index (κ1) is 16.7. The zero-order valence-corrected chi connectivity index (χ0v) is 14.8. The van der Waals surface area contributed by atoms with Gasteiger partial charge in [-0.25, -0.2) is 9.18 Å². The number of rotatable bonds is 3. The van der Waals surface area contributed by atoms with Crippen molar-refractivity contribution in [3.63, 3.8) is 0 Å². The average molecular weight is 371 g/mol. The molecule has 1 N–H and O–H groups in total. The van der Waals surface area contributed by atoms with E-state index in [0.29, 0.717) is 16.1 Å². The minimum absolute atomic E-state index is 0.00679. The number of aromatic nitrogens is 1. The summed E-state index contributed by atoms with van der Waals surface area (Å²) in [7, 11) is 1.42. The van der Waals surface area contributed by atoms with Gasteiger partial charge in [-0.15, -0.1) is 0 Å². The summed E-state index contributed by atoms with van der Waals surface area (Å²) in [5.41, 5.74) is 0.267. The lowest BCUT2D eigenvalue weighted by Gasteiger charge is -2.33. The Morgan fingerprint density at radius 1 is 1.31 bits per heavy atom. The van der Waals surface area contributed by atoms with Gasteiger partial charge in [0.25, 0.3) is 0 Å². The van der Waals surface area contributed by atoms with Crippen molar-refractivity contribution in [3.05, 3.63) is 58.0 Å². The molecule has 0 bridgehead atoms. The van der Waals surface area contributed by atoms with Gasteiger partial charge in [0.15, 0.2) is 5.75 Å². The zero-order valence-electron chi connectivity index (χ0n) is 13.9. The molecule has 1 atom stereocenters. The fourth-order valence-electron chi connectivity index (χ4n) is 3.37. The number of carbonyl (C=O) groups is 1. The van der Waals surface area contributed by atoms with E-state index in [1.165, 1.54) is 18.9 Å². The van der Waals surface area contributed by atoms with Gasteiger partial charge in [0, 0.05) is 0 Å². The Morgan fingerprint density at radius 2 is 2.00 bits per heavy atom. The van der Waals surface area contributed by atoms with Crippen LogP contribution in [0.3, 0.4) is 0 Å². The van der Waals surface area contributed by atoms with Crippen LogP contribution >= 0.6 is 11.8 Å². The average Bonchev–Trinajstić information content (AvgIpc) is 2.61. The van der Waals surface area contributed by atoms with Gasteiger partial charge in [0.1, 0.15) is 11.4 Å². The Labute approximate surface area is 152 Å². The number of fused-ring (bicyclic) bond motifs is 3. The van der Waals surface area contributed by atoms with E-state index in [0.717, 1.165) is 6.07 Å². The molecular weight excluding hydrogens is 357 g/mol. The van der Waals surface area contributed by atoms with Crippen LogP contribution in [0.15, 0.2) is 46.2 Å². The molecule has 1 aliphatic rings. The summed E-state index contributed by atoms with van der Waals surface area (Å²) < 4.78 is 22.2. The lowest BCUT2D eigenvalue weighted by Crippen LogP contribution is -2.28. The highest BCUT2D eigenvalue weighted by Crippen LogP contribution is 2.49. The molecule has 0 spiro atoms. The predicted molar refractivity (Wildman–Crippen MR) is 97.7 cm³/mol. The van der Waals surface area contributed by atoms with Crippen molar-refractivity contribution in [3.8, 4) is 16.9 Å². The molecule has 0 aliphatic carbocycles. The number of halogens is 1. The van der Waals surface area contributed by atoms with Gasteiger partial charge in [0.2, 0.25) is 5.43 Å². The first-order chi connectivity index (χ1) is 12.5. The largest absolute Gasteiger partial charge is 0.494 e. The summed E-state index contributed by atoms with van der Waals surface area (Å²) >= 11 is 1.30. The van der Waals surface area contributed by atoms with E-state index >= 15 is 0 Å². The molecule has 0 amide bonds. The summed E-state index contributed by atoms with van der Waals surface area (Å²) in [5, 5.41) is 9.71. The molecular formula is C19H14FNO4S. The zero-order chi connectivity index (χ0) is 18.6. The number of aromatic carboxylic acids is 1. The fourth-order valence-corrected chi connectivity index (χ4v) is 4.51. The molecule has 0 saturated carbocycles. The van der Waals surface area contributed by atoms with Crippen LogP contribution in [0.1, 0.15) is 22.7 Å². The number of carboxylic acid groups (broad SMARTS) is 1. The SMILES string of the molecule is COc1c(-c2ccccc2)c(F)cc2c(=O)c(C(=O)O)c3n(c12)C(C)S3. The van der Waals surface area contributed by atoms with Crippen molar-refractivity contribution >= 4 is 28.6 Å². The summed E-state index contributed by atoms with van der Waals surface area (Å²) in [6.45, 7) is 1.89. The minimum Gasteiger partial charge on any atom is -0.494 e. The Balaban J connectivity index is 2.21. The second-order valence-electron chi connectivity index (χ2n) is 5.93. The normalized spacial score (nSPS) is 15.4. The van der Waals surface area contributed by atoms with Crippen molar-refractivity contribution in [2.45, 2.75) is 17.3 Å². The van der Waals surface area contributed by atoms with Gasteiger partial charge in [-0.2, -0.15) is 0 Å². The second kappa shape index (κ2) is 5.88. The summed E-state index contributed by atoms with van der Waals surface area (Å²) in [5.74, 6) is -1.71. The highest BCUT2D eigenvalue weighted by molar-refractivity contribution is 8.00. The minimum atomic E-state index is -1.31. The third-order valence-electron chi connectivity index (χ3n) is 4.48. The van der Waals surface area contributed by atoms with E-state index in [4.69, 9.17) is 4.74 Å². The van der Waals surface area contributed by atoms with Gasteiger partial charge >= 0.3 is 5.97 Å². The molecule has 132 valence electrons. The van der Waals surface area contributed by atoms with E-state index in [9.17, 15) is 19.1 Å². The number of pyridine rings is 1. The Hall–Kier alpha value is -2.80. The third kappa shape index (κ3) is 2.17. The third-order valence-corrected chi connectivity index (χ3v) is 5.65. The number of benzene rings is 2. The van der Waals surface area contributed by atoms with Gasteiger partial charge < -0.3 is 14.4 Å². The molecule has 0 fully saturated rings. The summed E-state index contributed by atoms with van der Waals surface area (Å²) in [4.78, 5) is 24.3. The van der Waals surface area contributed by atoms with Crippen LogP contribution in [0.25, 0.3) is 22.0 Å². The molecule has 1 aromatic heterocycles. The monoisotopic (exact) mass is 371 g/mol. The highest BCUT2D eigenvalue weighted by atomic mass is 32.2. The second-order valence-corrected chi connectivity index (χ2v) is 7.24. The van der Waals surface area contributed by atoms with Crippen LogP contribution < -0.4 is 10.2 Å². The molecule has 1 aliphatic heterocycles. The van der Waals surface area contributed by atoms with Crippen molar-refractivity contribution in [2.75, 3.05) is 7.11 Å². The predicted octanol–water partition coefficient (Wildman–Crippen LogP) is 4.14. The Morgan fingerprint density at radius 3 is 2.58 bits per heavy atom. The van der Waals surface area contributed by atoms with Crippen LogP contribution in [0.5, 0.6) is 5.75 Å². The van der Waals surface area contributed by atoms with Crippen LogP contribution in [-0.2, 0) is 0 Å². The number of nitrogens with zero attached hydrogens (tertiary/aromatic N) is 1. The van der Waals surface area contributed by atoms with E-state index in [2.05, 4.69) is 0 Å². The maximum absolute atomic E-state index is 14.9. The number of hydrogen-bond donors (Lipinski definition) is 1. The quantitative estimate of drug-likeness (QED) is 0.749. The molecule has 2 aromatic carbocycles. The van der Waals surface area contributed by atoms with Crippen LogP contribution in [0.4, 0.5) is 4.39 Å². The Kier molecular flexibility index (Phi) is 3.77. The number of thioether (sulfide) groups is 1. The summed E-state index contributed by atoms with van der Waals surface area (Å²) in [6, 6.07) is 10.0. The number of ether oxygens (including phenoxy) is 1. The lowest BCUT2D eigenvalue weighted by atomic mass is 10.00. The van der Waals surface area contributed by atoms with Crippen molar-refractivity contribution in [1.29, 1.82) is 0 Å². The van der Waals surface area contributed by atoms with Crippen LogP contribution in [-0.4, -0.2) is 22.8 Å². The highest BCUT2D eigenvalue weighted by Gasteiger charge is 2.35. The first-order valence-electron chi connectivity index (χ1n) is 7.89. The van der Waals surface area contributed by atoms with Gasteiger partial charge in [-0.3, -0.25) is 4.79 Å². The molecule has 3 aromatic rings. The number of hydrogen-bond acceptors (Lipinski definition) is 4. The first-order valence-corrected chi connectivity index (χ1v) is 8.77. The smallest absolute Gasteiger partial charge is 0.342 e. The van der Waals surface area contributed by atoms with Gasteiger partial charge in [-0.05, 0) is 18.6 Å². The molecule has 0 saturated heterocycles. The van der Waals surface area contributed by atoms with Crippen molar-refractivity contribution in [2.24, 2.45) is 0 Å². The van der Waals surface area contributed by atoms with Crippen LogP contribution in [0.2, 0.25) is 0 Å². The molecule has 5 nitrogen and oxygen atoms in total. The maximum Gasteiger partial charge on any atom is 0.342 e. The Bertz CT molecular complexity index is 1120. The van der Waals surface area contributed by atoms with Gasteiger partial charge in [-0.1, -0.05) is 42.1 Å². The van der Waals surface area contributed by atoms with Crippen molar-refractivity contribution in [1.82, 2.24) is 4.57 Å². The van der Waals surface area contributed by atoms with E-state index in [1.54, 1.807) is 28.8 Å². The fraction of sp³-hybridized carbons (Fsp3) is 0.158. The van der Waals surface area contributed by atoms with E-state index in [-0.39, 0.29) is 27.6 Å². The maximum atomic E-state index is 14.9. The number of carboxylic acids is 1. The molecule has 1 unspecified atom stereocenters. The molecule has 4 rings (SSSR count). The number of methoxy groups -OCH3 is 1. The topological polar surface area (TPSA) is 68.5 Å². The molecule has 26 heavy (non-hydrogen) atoms. The van der Waals surface area contributed by atoms with Crippen LogP contribution in [0, 0.1) is 5.82 Å². The summed E-state index contributed by atoms with van der Waals surface area (Å²) in [6.07, 6.45) is 0. The molecule has 7 heteroatoms. The van der Waals surface area contributed by atoms with Crippen molar-refractivity contribution < 1.29 is 19.0 Å².